The van der Waals surface area contributed by atoms with Gasteiger partial charge in [-0.1, -0.05) is 18.6 Å². The van der Waals surface area contributed by atoms with E-state index in [1.54, 1.807) is 6.07 Å². The molecule has 0 saturated carbocycles. The fraction of sp³-hybridized carbons (Fsp3) is 0.389. The second kappa shape index (κ2) is 6.96. The molecule has 23 heavy (non-hydrogen) atoms. The molecule has 0 amide bonds. The van der Waals surface area contributed by atoms with Gasteiger partial charge in [-0.3, -0.25) is 4.90 Å². The van der Waals surface area contributed by atoms with Crippen LogP contribution in [-0.4, -0.2) is 24.5 Å². The molecule has 2 heterocycles. The highest BCUT2D eigenvalue weighted by molar-refractivity contribution is 5.86. The molecule has 1 aromatic heterocycles. The van der Waals surface area contributed by atoms with Gasteiger partial charge in [-0.25, -0.2) is 9.18 Å². The van der Waals surface area contributed by atoms with E-state index in [1.165, 1.54) is 19.2 Å². The molecule has 0 radical (unpaired) electrons. The summed E-state index contributed by atoms with van der Waals surface area (Å²) in [5.74, 6) is 0.270. The van der Waals surface area contributed by atoms with Crippen LogP contribution in [0.2, 0.25) is 0 Å². The first kappa shape index (κ1) is 15.7. The highest BCUT2D eigenvalue weighted by Gasteiger charge is 2.25. The van der Waals surface area contributed by atoms with Gasteiger partial charge in [-0.2, -0.15) is 0 Å². The van der Waals surface area contributed by atoms with Crippen LogP contribution >= 0.6 is 0 Å². The molecule has 2 aromatic rings. The van der Waals surface area contributed by atoms with Crippen molar-refractivity contribution < 1.29 is 18.3 Å². The van der Waals surface area contributed by atoms with Gasteiger partial charge in [0.25, 0.3) is 0 Å². The van der Waals surface area contributed by atoms with Crippen molar-refractivity contribution in [3.63, 3.8) is 0 Å². The van der Waals surface area contributed by atoms with Crippen molar-refractivity contribution in [3.05, 3.63) is 59.3 Å². The molecule has 1 aromatic carbocycles. The second-order valence-corrected chi connectivity index (χ2v) is 5.79. The maximum Gasteiger partial charge on any atom is 0.373 e. The van der Waals surface area contributed by atoms with Crippen molar-refractivity contribution in [1.82, 2.24) is 4.90 Å². The van der Waals surface area contributed by atoms with Crippen LogP contribution in [0.1, 0.15) is 47.2 Å². The molecule has 3 rings (SSSR count). The third kappa shape index (κ3) is 3.62. The van der Waals surface area contributed by atoms with E-state index in [4.69, 9.17) is 4.42 Å². The van der Waals surface area contributed by atoms with Gasteiger partial charge < -0.3 is 9.15 Å². The molecule has 0 spiro atoms. The van der Waals surface area contributed by atoms with Crippen LogP contribution in [0.25, 0.3) is 0 Å². The van der Waals surface area contributed by atoms with Gasteiger partial charge in [0.1, 0.15) is 11.6 Å². The molecular formula is C18H20FNO3. The van der Waals surface area contributed by atoms with Crippen molar-refractivity contribution in [3.8, 4) is 0 Å². The van der Waals surface area contributed by atoms with Gasteiger partial charge in [0.2, 0.25) is 5.76 Å². The summed E-state index contributed by atoms with van der Waals surface area (Å²) in [6, 6.07) is 10.4. The van der Waals surface area contributed by atoms with E-state index >= 15 is 0 Å². The number of ether oxygens (including phenoxy) is 1. The van der Waals surface area contributed by atoms with E-state index in [1.807, 2.05) is 18.2 Å². The van der Waals surface area contributed by atoms with E-state index in [2.05, 4.69) is 9.64 Å². The Morgan fingerprint density at radius 3 is 2.78 bits per heavy atom. The Bertz CT molecular complexity index is 665. The summed E-state index contributed by atoms with van der Waals surface area (Å²) in [6.45, 7) is 1.58. The molecule has 122 valence electrons. The summed E-state index contributed by atoms with van der Waals surface area (Å²) < 4.78 is 23.4. The van der Waals surface area contributed by atoms with Crippen LogP contribution in [0, 0.1) is 5.82 Å². The molecule has 1 unspecified atom stereocenters. The van der Waals surface area contributed by atoms with E-state index in [-0.39, 0.29) is 17.6 Å². The average Bonchev–Trinajstić information content (AvgIpc) is 3.04. The molecule has 5 heteroatoms. The fourth-order valence-electron chi connectivity index (χ4n) is 3.12. The van der Waals surface area contributed by atoms with Crippen molar-refractivity contribution >= 4 is 5.97 Å². The Morgan fingerprint density at radius 2 is 2.04 bits per heavy atom. The highest BCUT2D eigenvalue weighted by Crippen LogP contribution is 2.32. The Labute approximate surface area is 134 Å². The summed E-state index contributed by atoms with van der Waals surface area (Å²) in [7, 11) is 1.33. The number of furan rings is 1. The first-order valence-corrected chi connectivity index (χ1v) is 7.84. The predicted molar refractivity (Wildman–Crippen MR) is 83.4 cm³/mol. The van der Waals surface area contributed by atoms with Crippen LogP contribution in [0.3, 0.4) is 0 Å². The molecule has 1 fully saturated rings. The third-order valence-corrected chi connectivity index (χ3v) is 4.28. The van der Waals surface area contributed by atoms with E-state index in [0.717, 1.165) is 37.1 Å². The summed E-state index contributed by atoms with van der Waals surface area (Å²) in [5.41, 5.74) is 1.12. The summed E-state index contributed by atoms with van der Waals surface area (Å²) in [6.07, 6.45) is 3.32. The third-order valence-electron chi connectivity index (χ3n) is 4.28. The van der Waals surface area contributed by atoms with Crippen LogP contribution in [-0.2, 0) is 11.3 Å². The Balaban J connectivity index is 1.75. The Morgan fingerprint density at radius 1 is 1.26 bits per heavy atom. The lowest BCUT2D eigenvalue weighted by atomic mass is 9.95. The molecule has 1 saturated heterocycles. The molecule has 1 atom stereocenters. The number of hydrogen-bond donors (Lipinski definition) is 0. The zero-order valence-electron chi connectivity index (χ0n) is 13.1. The van der Waals surface area contributed by atoms with Gasteiger partial charge >= 0.3 is 5.97 Å². The van der Waals surface area contributed by atoms with E-state index < -0.39 is 5.97 Å². The summed E-state index contributed by atoms with van der Waals surface area (Å²) in [5, 5.41) is 0. The first-order valence-electron chi connectivity index (χ1n) is 7.84. The van der Waals surface area contributed by atoms with E-state index in [9.17, 15) is 9.18 Å². The number of carbonyl (C=O) groups is 1. The smallest absolute Gasteiger partial charge is 0.373 e. The molecule has 0 bridgehead atoms. The van der Waals surface area contributed by atoms with Crippen molar-refractivity contribution in [2.75, 3.05) is 13.7 Å². The second-order valence-electron chi connectivity index (χ2n) is 5.79. The number of carbonyl (C=O) groups excluding carboxylic acids is 1. The minimum Gasteiger partial charge on any atom is -0.463 e. The SMILES string of the molecule is COC(=O)c1ccc(CN2CCCCC2c2ccc(F)cc2)o1. The summed E-state index contributed by atoms with van der Waals surface area (Å²) >= 11 is 0. The number of esters is 1. The number of methoxy groups -OCH3 is 1. The van der Waals surface area contributed by atoms with Crippen LogP contribution in [0.15, 0.2) is 40.8 Å². The van der Waals surface area contributed by atoms with E-state index in [0.29, 0.717) is 6.54 Å². The topological polar surface area (TPSA) is 42.7 Å². The van der Waals surface area contributed by atoms with Gasteiger partial charge in [0, 0.05) is 6.04 Å². The number of piperidine rings is 1. The normalized spacial score (nSPS) is 18.8. The van der Waals surface area contributed by atoms with Gasteiger partial charge in [0.15, 0.2) is 0 Å². The molecule has 1 aliphatic rings. The number of nitrogens with zero attached hydrogens (tertiary/aromatic N) is 1. The van der Waals surface area contributed by atoms with Crippen LogP contribution in [0.4, 0.5) is 4.39 Å². The molecule has 1 aliphatic heterocycles. The van der Waals surface area contributed by atoms with Gasteiger partial charge in [0.05, 0.1) is 13.7 Å². The van der Waals surface area contributed by atoms with Crippen molar-refractivity contribution in [2.24, 2.45) is 0 Å². The largest absolute Gasteiger partial charge is 0.463 e. The van der Waals surface area contributed by atoms with Crippen LogP contribution < -0.4 is 0 Å². The predicted octanol–water partition coefficient (Wildman–Crippen LogP) is 3.93. The molecule has 0 aliphatic carbocycles. The number of hydrogen-bond acceptors (Lipinski definition) is 4. The number of likely N-dealkylation sites (tertiary alicyclic amines) is 1. The zero-order chi connectivity index (χ0) is 16.2. The van der Waals surface area contributed by atoms with Crippen molar-refractivity contribution in [2.45, 2.75) is 31.8 Å². The lowest BCUT2D eigenvalue weighted by Gasteiger charge is -2.35. The molecule has 4 nitrogen and oxygen atoms in total. The van der Waals surface area contributed by atoms with Crippen LogP contribution in [0.5, 0.6) is 0 Å². The quantitative estimate of drug-likeness (QED) is 0.801. The Kier molecular flexibility index (Phi) is 4.76. The average molecular weight is 317 g/mol. The monoisotopic (exact) mass is 317 g/mol. The molecule has 0 N–H and O–H groups in total. The van der Waals surface area contributed by atoms with Gasteiger partial charge in [-0.15, -0.1) is 0 Å². The standard InChI is InChI=1S/C18H20FNO3/c1-22-18(21)17-10-9-15(23-17)12-20-11-3-2-4-16(20)13-5-7-14(19)8-6-13/h5-10,16H,2-4,11-12H2,1H3. The first-order chi connectivity index (χ1) is 11.2. The summed E-state index contributed by atoms with van der Waals surface area (Å²) in [4.78, 5) is 13.8. The number of benzene rings is 1. The van der Waals surface area contributed by atoms with Crippen molar-refractivity contribution in [1.29, 1.82) is 0 Å². The highest BCUT2D eigenvalue weighted by atomic mass is 19.1. The number of rotatable bonds is 4. The van der Waals surface area contributed by atoms with Gasteiger partial charge in [-0.05, 0) is 49.2 Å². The maximum absolute atomic E-state index is 13.1. The number of halogens is 1. The fourth-order valence-corrected chi connectivity index (χ4v) is 3.12. The Hall–Kier alpha value is -2.14. The zero-order valence-corrected chi connectivity index (χ0v) is 13.1. The lowest BCUT2D eigenvalue weighted by molar-refractivity contribution is 0.0558. The minimum absolute atomic E-state index is 0.218. The molecular weight excluding hydrogens is 297 g/mol. The minimum atomic E-state index is -0.468. The lowest BCUT2D eigenvalue weighted by Crippen LogP contribution is -2.32. The maximum atomic E-state index is 13.1.